The molecule has 0 spiro atoms. The van der Waals surface area contributed by atoms with Gasteiger partial charge < -0.3 is 0 Å². The van der Waals surface area contributed by atoms with Crippen molar-refractivity contribution in [1.82, 2.24) is 20.3 Å². The van der Waals surface area contributed by atoms with Crippen LogP contribution in [0.3, 0.4) is 0 Å². The first-order valence-electron chi connectivity index (χ1n) is 16.0. The summed E-state index contributed by atoms with van der Waals surface area (Å²) in [6.07, 6.45) is 0. The summed E-state index contributed by atoms with van der Waals surface area (Å²) >= 11 is 0. The summed E-state index contributed by atoms with van der Waals surface area (Å²) in [6, 6.07) is 0. The molecule has 1 heterocycles. The number of rotatable bonds is 24. The van der Waals surface area contributed by atoms with Crippen molar-refractivity contribution in [3.8, 4) is 0 Å². The van der Waals surface area contributed by atoms with E-state index in [1.165, 1.54) is 6.92 Å². The molecule has 0 radical (unpaired) electrons. The number of aliphatic imine (C=N–C) groups is 2. The summed E-state index contributed by atoms with van der Waals surface area (Å²) in [6.45, 7) is 15.1. The number of aromatic nitrogens is 3. The molecule has 49 heavy (non-hydrogen) atoms. The maximum atomic E-state index is 13.6. The fourth-order valence-corrected chi connectivity index (χ4v) is 9.60. The molecule has 20 nitrogen and oxygen atoms in total. The van der Waals surface area contributed by atoms with Gasteiger partial charge in [0.05, 0.1) is 0 Å². The standard InChI is InChI=1S/C25H54N8O12P4/c1-10-38-46(34,39-11-2)20(9)29-22(30-21(26)47(35,40-12-3)41-13-4)27-18-19-28-23-31-24(48(36,42-14-5)43-15-6)33-25(32-23)49(37,44-16-7)45-17-8/h35-36,47-48H,10-19H2,1-9H3,(H2,26,27,30)(H,28,31,32,33)/b29-20+. The first kappa shape index (κ1) is 45.6. The van der Waals surface area contributed by atoms with Gasteiger partial charge in [0.15, 0.2) is 0 Å². The molecule has 0 aliphatic heterocycles. The van der Waals surface area contributed by atoms with Gasteiger partial charge in [-0.3, -0.25) is 0 Å². The summed E-state index contributed by atoms with van der Waals surface area (Å²) in [5.74, 6) is -0.359. The first-order chi connectivity index (χ1) is 23.2. The topological polar surface area (TPSA) is 260 Å². The molecule has 1 rings (SSSR count). The van der Waals surface area contributed by atoms with Gasteiger partial charge in [0.1, 0.15) is 0 Å². The Hall–Kier alpha value is -1.46. The Morgan fingerprint density at radius 3 is 1.71 bits per heavy atom. The van der Waals surface area contributed by atoms with E-state index in [1.807, 2.05) is 0 Å². The fraction of sp³-hybridized carbons (Fsp3) is 0.760. The Kier molecular flexibility index (Phi) is 20.9. The van der Waals surface area contributed by atoms with Gasteiger partial charge in [-0.2, -0.15) is 0 Å². The monoisotopic (exact) mass is 782 g/mol. The molecule has 0 unspecified atom stereocenters. The van der Waals surface area contributed by atoms with Gasteiger partial charge in [-0.25, -0.2) is 0 Å². The molecule has 0 amide bonds. The van der Waals surface area contributed by atoms with Gasteiger partial charge in [0, 0.05) is 0 Å². The summed E-state index contributed by atoms with van der Waals surface area (Å²) < 4.78 is 70.3. The maximum absolute atomic E-state index is 13.6. The molecule has 0 aromatic carbocycles. The van der Waals surface area contributed by atoms with Crippen molar-refractivity contribution in [3.05, 3.63) is 0 Å². The van der Waals surface area contributed by atoms with Gasteiger partial charge >= 0.3 is 289 Å². The van der Waals surface area contributed by atoms with Crippen LogP contribution in [0.5, 0.6) is 0 Å². The molecular weight excluding hydrogens is 728 g/mol. The van der Waals surface area contributed by atoms with E-state index in [0.29, 0.717) is 0 Å². The van der Waals surface area contributed by atoms with Crippen molar-refractivity contribution in [2.24, 2.45) is 9.98 Å². The van der Waals surface area contributed by atoms with Crippen LogP contribution in [0.25, 0.3) is 0 Å². The second-order valence-corrected chi connectivity index (χ2v) is 17.6. The van der Waals surface area contributed by atoms with Crippen molar-refractivity contribution in [3.63, 3.8) is 0 Å². The van der Waals surface area contributed by atoms with Crippen LogP contribution in [-0.4, -0.2) is 108 Å². The Balaban J connectivity index is 3.55. The number of hydrogen-bond acceptors (Lipinski definition) is 17. The molecule has 0 saturated heterocycles. The van der Waals surface area contributed by atoms with Crippen LogP contribution >= 0.6 is 31.1 Å². The van der Waals surface area contributed by atoms with Crippen LogP contribution in [0.15, 0.2) is 9.98 Å². The molecule has 0 aliphatic rings. The number of nitrogens with zero attached hydrogens (tertiary/aromatic N) is 5. The van der Waals surface area contributed by atoms with Gasteiger partial charge in [-0.15, -0.1) is 0 Å². The van der Waals surface area contributed by atoms with Gasteiger partial charge in [0.25, 0.3) is 0 Å². The van der Waals surface area contributed by atoms with Crippen LogP contribution in [0.1, 0.15) is 62.3 Å². The van der Waals surface area contributed by atoms with Gasteiger partial charge in [-0.05, 0) is 0 Å². The van der Waals surface area contributed by atoms with E-state index >= 15 is 0 Å². The molecule has 5 N–H and O–H groups in total. The van der Waals surface area contributed by atoms with E-state index in [2.05, 4.69) is 35.6 Å². The fourth-order valence-electron chi connectivity index (χ4n) is 3.74. The predicted molar refractivity (Wildman–Crippen MR) is 193 cm³/mol. The number of guanidine groups is 1. The van der Waals surface area contributed by atoms with Crippen molar-refractivity contribution in [1.29, 1.82) is 5.41 Å². The van der Waals surface area contributed by atoms with E-state index < -0.39 is 36.7 Å². The number of hydrogen-bond donors (Lipinski definition) is 5. The molecule has 286 valence electrons. The molecule has 1 aromatic rings. The van der Waals surface area contributed by atoms with Crippen molar-refractivity contribution in [2.45, 2.75) is 62.3 Å². The molecule has 0 aliphatic carbocycles. The Labute approximate surface area is 289 Å². The third kappa shape index (κ3) is 13.9. The molecule has 0 fully saturated rings. The van der Waals surface area contributed by atoms with Crippen molar-refractivity contribution < 1.29 is 55.1 Å². The third-order valence-corrected chi connectivity index (χ3v) is 13.8. The Morgan fingerprint density at radius 2 is 1.24 bits per heavy atom. The van der Waals surface area contributed by atoms with Crippen molar-refractivity contribution in [2.75, 3.05) is 71.3 Å². The van der Waals surface area contributed by atoms with E-state index in [0.717, 1.165) is 0 Å². The van der Waals surface area contributed by atoms with Crippen LogP contribution in [-0.2, 0) is 45.3 Å². The zero-order valence-electron chi connectivity index (χ0n) is 29.7. The van der Waals surface area contributed by atoms with Crippen LogP contribution < -0.4 is 21.8 Å². The van der Waals surface area contributed by atoms with E-state index in [-0.39, 0.29) is 94.4 Å². The van der Waals surface area contributed by atoms with Crippen LogP contribution in [0.4, 0.5) is 5.95 Å². The zero-order chi connectivity index (χ0) is 37.1. The summed E-state index contributed by atoms with van der Waals surface area (Å²) in [7, 11) is -16.2. The molecule has 24 heteroatoms. The minimum absolute atomic E-state index is 0.0171. The van der Waals surface area contributed by atoms with Crippen molar-refractivity contribution >= 4 is 65.1 Å². The SMILES string of the molecule is CCOP(=O)(OCC)/C(C)=N/C(=N\C(=N)[PH](O)(OCC)OCC)NCCNc1nc(P(=O)(OCC)OCC)nc([PH](O)(OCC)OCC)n1. The van der Waals surface area contributed by atoms with Crippen LogP contribution in [0, 0.1) is 5.41 Å². The van der Waals surface area contributed by atoms with Gasteiger partial charge in [0.2, 0.25) is 0 Å². The minimum atomic E-state index is -4.20. The third-order valence-electron chi connectivity index (χ3n) is 5.58. The first-order valence-corrected chi connectivity index (χ1v) is 22.6. The quantitative estimate of drug-likeness (QED) is 0.0435. The summed E-state index contributed by atoms with van der Waals surface area (Å²) in [4.78, 5) is 43.3. The summed E-state index contributed by atoms with van der Waals surface area (Å²) in [5, 5.41) is 14.3. The summed E-state index contributed by atoms with van der Waals surface area (Å²) in [5.41, 5.74) is -1.31. The average molecular weight is 783 g/mol. The number of anilines is 1. The second-order valence-electron chi connectivity index (χ2n) is 9.14. The van der Waals surface area contributed by atoms with Gasteiger partial charge in [-0.1, -0.05) is 0 Å². The normalized spacial score (nSPS) is 14.2. The second kappa shape index (κ2) is 22.5. The number of nitrogens with one attached hydrogen (secondary N) is 3. The number of amidine groups is 1. The molecular formula is C25H54N8O12P4. The van der Waals surface area contributed by atoms with E-state index in [1.54, 1.807) is 55.4 Å². The average Bonchev–Trinajstić information content (AvgIpc) is 3.03. The van der Waals surface area contributed by atoms with Crippen LogP contribution in [0.2, 0.25) is 0 Å². The predicted octanol–water partition coefficient (Wildman–Crippen LogP) is 3.49. The zero-order valence-corrected chi connectivity index (χ0v) is 33.5. The molecule has 0 bridgehead atoms. The molecule has 0 saturated carbocycles. The Bertz CT molecular complexity index is 1310. The Morgan fingerprint density at radius 1 is 0.735 bits per heavy atom. The van der Waals surface area contributed by atoms with E-state index in [9.17, 15) is 18.9 Å². The molecule has 0 atom stereocenters. The van der Waals surface area contributed by atoms with E-state index in [4.69, 9.17) is 41.6 Å². The molecule has 1 aromatic heterocycles.